The molecule has 3 heterocycles. The molecule has 102 valence electrons. The van der Waals surface area contributed by atoms with Gasteiger partial charge in [0, 0.05) is 6.07 Å². The summed E-state index contributed by atoms with van der Waals surface area (Å²) >= 11 is 0.916. The third-order valence-corrected chi connectivity index (χ3v) is 3.40. The molecule has 0 aliphatic rings. The van der Waals surface area contributed by atoms with Gasteiger partial charge in [-0.05, 0) is 11.8 Å². The van der Waals surface area contributed by atoms with Gasteiger partial charge in [-0.3, -0.25) is 0 Å². The summed E-state index contributed by atoms with van der Waals surface area (Å²) in [4.78, 5) is 18.5. The van der Waals surface area contributed by atoms with Crippen LogP contribution in [0.4, 0.5) is 14.6 Å². The number of imidazole rings is 1. The molecule has 0 spiro atoms. The summed E-state index contributed by atoms with van der Waals surface area (Å²) in [5, 5.41) is 0.363. The van der Waals surface area contributed by atoms with E-state index in [1.807, 2.05) is 0 Å². The minimum Gasteiger partial charge on any atom is -0.341 e. The first-order chi connectivity index (χ1) is 9.69. The maximum absolute atomic E-state index is 13.7. The van der Waals surface area contributed by atoms with Gasteiger partial charge in [0.15, 0.2) is 23.1 Å². The van der Waals surface area contributed by atoms with Crippen molar-refractivity contribution >= 4 is 28.7 Å². The molecule has 7 nitrogen and oxygen atoms in total. The molecule has 10 heteroatoms. The number of pyridine rings is 1. The van der Waals surface area contributed by atoms with Gasteiger partial charge in [-0.15, -0.1) is 0 Å². The highest BCUT2D eigenvalue weighted by molar-refractivity contribution is 7.99. The zero-order chi connectivity index (χ0) is 14.1. The van der Waals surface area contributed by atoms with Crippen LogP contribution in [0.1, 0.15) is 0 Å². The fourth-order valence-corrected chi connectivity index (χ4v) is 2.36. The van der Waals surface area contributed by atoms with Crippen LogP contribution in [0.3, 0.4) is 0 Å². The van der Waals surface area contributed by atoms with Crippen molar-refractivity contribution in [3.63, 3.8) is 0 Å². The second kappa shape index (κ2) is 4.98. The monoisotopic (exact) mass is 295 g/mol. The van der Waals surface area contributed by atoms with Gasteiger partial charge >= 0.3 is 0 Å². The van der Waals surface area contributed by atoms with Crippen LogP contribution < -0.4 is 11.3 Å². The number of fused-ring (bicyclic) bond motifs is 1. The summed E-state index contributed by atoms with van der Waals surface area (Å²) in [6.07, 6.45) is 2.75. The summed E-state index contributed by atoms with van der Waals surface area (Å²) < 4.78 is 27.0. The Hall–Kier alpha value is -2.33. The summed E-state index contributed by atoms with van der Waals surface area (Å²) in [6.45, 7) is 0. The molecule has 0 saturated heterocycles. The van der Waals surface area contributed by atoms with Crippen LogP contribution in [0.15, 0.2) is 28.8 Å². The molecule has 0 atom stereocenters. The Bertz CT molecular complexity index is 775. The first-order valence-corrected chi connectivity index (χ1v) is 6.15. The summed E-state index contributed by atoms with van der Waals surface area (Å²) in [6, 6.07) is 0.704. The molecule has 0 saturated carbocycles. The minimum absolute atomic E-state index is 0.0612. The fraction of sp³-hybridized carbons (Fsp3) is 0. The van der Waals surface area contributed by atoms with E-state index in [1.54, 1.807) is 0 Å². The van der Waals surface area contributed by atoms with Crippen molar-refractivity contribution in [1.82, 2.24) is 24.9 Å². The third kappa shape index (κ3) is 2.14. The first-order valence-electron chi connectivity index (χ1n) is 5.33. The van der Waals surface area contributed by atoms with Crippen molar-refractivity contribution in [3.8, 4) is 0 Å². The molecule has 0 amide bonds. The van der Waals surface area contributed by atoms with E-state index in [0.29, 0.717) is 22.3 Å². The van der Waals surface area contributed by atoms with E-state index in [-0.39, 0.29) is 10.8 Å². The van der Waals surface area contributed by atoms with E-state index in [4.69, 9.17) is 5.84 Å². The largest absolute Gasteiger partial charge is 0.341 e. The topological polar surface area (TPSA) is 105 Å². The van der Waals surface area contributed by atoms with E-state index in [9.17, 15) is 8.78 Å². The van der Waals surface area contributed by atoms with E-state index in [1.165, 1.54) is 12.7 Å². The van der Waals surface area contributed by atoms with Crippen molar-refractivity contribution in [2.45, 2.75) is 10.1 Å². The minimum atomic E-state index is -0.872. The predicted octanol–water partition coefficient (Wildman–Crippen LogP) is 1.46. The number of hydrogen-bond donors (Lipinski definition) is 3. The Balaban J connectivity index is 2.05. The zero-order valence-electron chi connectivity index (χ0n) is 9.76. The zero-order valence-corrected chi connectivity index (χ0v) is 10.6. The maximum atomic E-state index is 13.7. The number of hydrogen-bond acceptors (Lipinski definition) is 7. The van der Waals surface area contributed by atoms with Crippen LogP contribution >= 0.6 is 11.8 Å². The van der Waals surface area contributed by atoms with Gasteiger partial charge in [-0.1, -0.05) is 0 Å². The molecule has 3 aromatic rings. The van der Waals surface area contributed by atoms with Crippen molar-refractivity contribution in [3.05, 3.63) is 30.4 Å². The quantitative estimate of drug-likeness (QED) is 0.381. The number of nitrogen functional groups attached to an aromatic ring is 1. The Kier molecular flexibility index (Phi) is 3.16. The Morgan fingerprint density at radius 2 is 2.00 bits per heavy atom. The van der Waals surface area contributed by atoms with E-state index >= 15 is 0 Å². The van der Waals surface area contributed by atoms with Crippen LogP contribution in [-0.2, 0) is 0 Å². The molecule has 0 unspecified atom stereocenters. The second-order valence-corrected chi connectivity index (χ2v) is 4.61. The number of aromatic nitrogens is 5. The Labute approximate surface area is 115 Å². The van der Waals surface area contributed by atoms with Gasteiger partial charge in [0.2, 0.25) is 0 Å². The third-order valence-electron chi connectivity index (χ3n) is 2.42. The lowest BCUT2D eigenvalue weighted by atomic mass is 10.4. The van der Waals surface area contributed by atoms with Crippen LogP contribution in [0.2, 0.25) is 0 Å². The highest BCUT2D eigenvalue weighted by Gasteiger charge is 2.15. The van der Waals surface area contributed by atoms with Crippen molar-refractivity contribution in [2.75, 3.05) is 5.43 Å². The van der Waals surface area contributed by atoms with Crippen LogP contribution in [0.5, 0.6) is 0 Å². The summed E-state index contributed by atoms with van der Waals surface area (Å²) in [5.74, 6) is 3.19. The van der Waals surface area contributed by atoms with E-state index < -0.39 is 11.6 Å². The van der Waals surface area contributed by atoms with E-state index in [2.05, 4.69) is 30.3 Å². The number of halogens is 2. The standard InChI is InChI=1S/C10H7F2N7S/c11-4-1-5(12)9(18-7(4)19-13)20-10-6-8(15-2-14-6)16-3-17-10/h1-3H,13H2,(H,18,19)(H,14,15,16,17). The number of hydrazine groups is 1. The average Bonchev–Trinajstić information content (AvgIpc) is 2.91. The fourth-order valence-electron chi connectivity index (χ4n) is 1.53. The maximum Gasteiger partial charge on any atom is 0.181 e. The number of aromatic amines is 1. The molecule has 0 fully saturated rings. The highest BCUT2D eigenvalue weighted by Crippen LogP contribution is 2.31. The molecule has 0 aliphatic carbocycles. The van der Waals surface area contributed by atoms with Crippen molar-refractivity contribution in [2.24, 2.45) is 5.84 Å². The molecular weight excluding hydrogens is 288 g/mol. The molecule has 4 N–H and O–H groups in total. The number of nitrogens with zero attached hydrogens (tertiary/aromatic N) is 4. The van der Waals surface area contributed by atoms with Crippen molar-refractivity contribution < 1.29 is 8.78 Å². The second-order valence-electron chi connectivity index (χ2n) is 3.63. The van der Waals surface area contributed by atoms with Gasteiger partial charge in [-0.25, -0.2) is 34.6 Å². The molecule has 3 aromatic heterocycles. The highest BCUT2D eigenvalue weighted by atomic mass is 32.2. The molecule has 0 bridgehead atoms. The molecule has 3 rings (SSSR count). The summed E-state index contributed by atoms with van der Waals surface area (Å²) in [7, 11) is 0. The number of nitrogens with two attached hydrogens (primary N) is 1. The molecule has 0 radical (unpaired) electrons. The van der Waals surface area contributed by atoms with Crippen LogP contribution in [-0.4, -0.2) is 24.9 Å². The normalized spacial score (nSPS) is 10.9. The van der Waals surface area contributed by atoms with Gasteiger partial charge in [-0.2, -0.15) is 0 Å². The van der Waals surface area contributed by atoms with Gasteiger partial charge < -0.3 is 10.4 Å². The SMILES string of the molecule is NNc1nc(Sc2ncnc3nc[nH]c23)c(F)cc1F. The van der Waals surface area contributed by atoms with Gasteiger partial charge in [0.1, 0.15) is 21.9 Å². The lowest BCUT2D eigenvalue weighted by Crippen LogP contribution is -2.11. The average molecular weight is 295 g/mol. The first kappa shape index (κ1) is 12.7. The molecule has 0 aliphatic heterocycles. The Morgan fingerprint density at radius 3 is 2.80 bits per heavy atom. The van der Waals surface area contributed by atoms with Gasteiger partial charge in [0.05, 0.1) is 6.33 Å². The number of nitrogens with one attached hydrogen (secondary N) is 2. The van der Waals surface area contributed by atoms with Crippen LogP contribution in [0.25, 0.3) is 11.2 Å². The number of rotatable bonds is 3. The van der Waals surface area contributed by atoms with E-state index in [0.717, 1.165) is 11.8 Å². The number of H-pyrrole nitrogens is 1. The molecule has 20 heavy (non-hydrogen) atoms. The molecular formula is C10H7F2N7S. The predicted molar refractivity (Wildman–Crippen MR) is 67.8 cm³/mol. The lowest BCUT2D eigenvalue weighted by Gasteiger charge is -2.06. The van der Waals surface area contributed by atoms with Gasteiger partial charge in [0.25, 0.3) is 0 Å². The number of anilines is 1. The molecule has 0 aromatic carbocycles. The van der Waals surface area contributed by atoms with Crippen molar-refractivity contribution in [1.29, 1.82) is 0 Å². The lowest BCUT2D eigenvalue weighted by molar-refractivity contribution is 0.551. The smallest absolute Gasteiger partial charge is 0.181 e. The Morgan fingerprint density at radius 1 is 1.15 bits per heavy atom. The summed E-state index contributed by atoms with van der Waals surface area (Å²) in [5.41, 5.74) is 3.05. The van der Waals surface area contributed by atoms with Crippen LogP contribution in [0, 0.1) is 11.6 Å².